The predicted molar refractivity (Wildman–Crippen MR) is 87.1 cm³/mol. The van der Waals surface area contributed by atoms with E-state index in [1.807, 2.05) is 33.9 Å². The number of carbonyl (C=O) groups excluding carboxylic acids is 1. The van der Waals surface area contributed by atoms with Crippen LogP contribution in [0.5, 0.6) is 0 Å². The summed E-state index contributed by atoms with van der Waals surface area (Å²) in [5.74, 6) is 0. The largest absolute Gasteiger partial charge is 0.444 e. The average molecular weight is 326 g/mol. The average Bonchev–Trinajstić information content (AvgIpc) is 3.02. The highest BCUT2D eigenvalue weighted by atomic mass is 32.1. The highest BCUT2D eigenvalue weighted by Crippen LogP contribution is 2.31. The van der Waals surface area contributed by atoms with Crippen LogP contribution in [-0.4, -0.2) is 40.3 Å². The maximum absolute atomic E-state index is 12.2. The molecule has 0 aliphatic carbocycles. The molecule has 2 heterocycles. The maximum atomic E-state index is 12.2. The summed E-state index contributed by atoms with van der Waals surface area (Å²) in [6, 6.07) is 0. The van der Waals surface area contributed by atoms with Crippen molar-refractivity contribution in [3.63, 3.8) is 0 Å². The van der Waals surface area contributed by atoms with Crippen LogP contribution in [0.3, 0.4) is 0 Å². The highest BCUT2D eigenvalue weighted by Gasteiger charge is 2.41. The highest BCUT2D eigenvalue weighted by molar-refractivity contribution is 7.11. The summed E-state index contributed by atoms with van der Waals surface area (Å²) in [7, 11) is 0. The second-order valence-electron chi connectivity index (χ2n) is 6.82. The molecule has 1 saturated heterocycles. The SMILES string of the molecule is CCC1(OCc2cnc(C)s2)CCN(C(=O)OC(C)(C)C)C1. The van der Waals surface area contributed by atoms with Crippen molar-refractivity contribution < 1.29 is 14.3 Å². The lowest BCUT2D eigenvalue weighted by atomic mass is 10.00. The van der Waals surface area contributed by atoms with Gasteiger partial charge in [-0.1, -0.05) is 6.92 Å². The minimum Gasteiger partial charge on any atom is -0.444 e. The van der Waals surface area contributed by atoms with E-state index in [-0.39, 0.29) is 11.7 Å². The van der Waals surface area contributed by atoms with Gasteiger partial charge in [-0.15, -0.1) is 11.3 Å². The number of hydrogen-bond acceptors (Lipinski definition) is 5. The Morgan fingerprint density at radius 2 is 2.23 bits per heavy atom. The topological polar surface area (TPSA) is 51.7 Å². The fourth-order valence-electron chi connectivity index (χ4n) is 2.53. The smallest absolute Gasteiger partial charge is 0.410 e. The zero-order valence-corrected chi connectivity index (χ0v) is 15.0. The summed E-state index contributed by atoms with van der Waals surface area (Å²) in [6.07, 6.45) is 3.34. The van der Waals surface area contributed by atoms with E-state index in [1.165, 1.54) is 0 Å². The molecule has 0 spiro atoms. The number of aryl methyl sites for hydroxylation is 1. The van der Waals surface area contributed by atoms with Crippen molar-refractivity contribution in [2.24, 2.45) is 0 Å². The van der Waals surface area contributed by atoms with Gasteiger partial charge in [0.15, 0.2) is 0 Å². The summed E-state index contributed by atoms with van der Waals surface area (Å²) in [5, 5.41) is 1.05. The van der Waals surface area contributed by atoms with E-state index in [0.717, 1.165) is 22.7 Å². The molecule has 1 aliphatic rings. The van der Waals surface area contributed by atoms with Crippen LogP contribution in [0.15, 0.2) is 6.20 Å². The molecule has 0 aromatic carbocycles. The molecule has 1 aromatic heterocycles. The monoisotopic (exact) mass is 326 g/mol. The number of aromatic nitrogens is 1. The van der Waals surface area contributed by atoms with Gasteiger partial charge in [-0.2, -0.15) is 0 Å². The number of thiazole rings is 1. The van der Waals surface area contributed by atoms with Crippen molar-refractivity contribution in [2.75, 3.05) is 13.1 Å². The Kier molecular flexibility index (Phi) is 5.12. The van der Waals surface area contributed by atoms with Gasteiger partial charge in [-0.25, -0.2) is 9.78 Å². The third-order valence-electron chi connectivity index (χ3n) is 3.80. The first-order chi connectivity index (χ1) is 10.2. The first kappa shape index (κ1) is 17.2. The van der Waals surface area contributed by atoms with Crippen LogP contribution in [0.1, 0.15) is 50.4 Å². The van der Waals surface area contributed by atoms with E-state index in [4.69, 9.17) is 9.47 Å². The van der Waals surface area contributed by atoms with Gasteiger partial charge in [0.2, 0.25) is 0 Å². The van der Waals surface area contributed by atoms with Crippen LogP contribution in [0.4, 0.5) is 4.79 Å². The molecule has 1 aromatic rings. The number of hydrogen-bond donors (Lipinski definition) is 0. The van der Waals surface area contributed by atoms with Crippen molar-refractivity contribution in [1.29, 1.82) is 0 Å². The minimum absolute atomic E-state index is 0.250. The first-order valence-corrected chi connectivity index (χ1v) is 8.58. The standard InChI is InChI=1S/C16H26N2O3S/c1-6-16(20-10-13-9-17-12(2)22-13)7-8-18(11-16)14(19)21-15(3,4)5/h9H,6-8,10-11H2,1-5H3. The van der Waals surface area contributed by atoms with E-state index in [2.05, 4.69) is 11.9 Å². The summed E-state index contributed by atoms with van der Waals surface area (Å²) in [5.41, 5.74) is -0.732. The van der Waals surface area contributed by atoms with Crippen LogP contribution < -0.4 is 0 Å². The number of amides is 1. The van der Waals surface area contributed by atoms with E-state index in [9.17, 15) is 4.79 Å². The van der Waals surface area contributed by atoms with Gasteiger partial charge in [0, 0.05) is 12.7 Å². The van der Waals surface area contributed by atoms with Gasteiger partial charge in [0.05, 0.1) is 28.6 Å². The zero-order valence-electron chi connectivity index (χ0n) is 14.1. The van der Waals surface area contributed by atoms with E-state index in [1.54, 1.807) is 16.2 Å². The fourth-order valence-corrected chi connectivity index (χ4v) is 3.24. The first-order valence-electron chi connectivity index (χ1n) is 7.76. The lowest BCUT2D eigenvalue weighted by molar-refractivity contribution is -0.0518. The molecule has 1 aliphatic heterocycles. The number of likely N-dealkylation sites (tertiary alicyclic amines) is 1. The lowest BCUT2D eigenvalue weighted by Crippen LogP contribution is -2.40. The molecule has 5 nitrogen and oxygen atoms in total. The van der Waals surface area contributed by atoms with Crippen LogP contribution in [-0.2, 0) is 16.1 Å². The van der Waals surface area contributed by atoms with Crippen molar-refractivity contribution in [2.45, 2.75) is 65.3 Å². The molecule has 6 heteroatoms. The van der Waals surface area contributed by atoms with Gasteiger partial charge in [0.25, 0.3) is 0 Å². The molecule has 22 heavy (non-hydrogen) atoms. The summed E-state index contributed by atoms with van der Waals surface area (Å²) >= 11 is 1.65. The molecule has 0 saturated carbocycles. The molecular formula is C16H26N2O3S. The van der Waals surface area contributed by atoms with Crippen LogP contribution in [0, 0.1) is 6.92 Å². The van der Waals surface area contributed by atoms with E-state index in [0.29, 0.717) is 19.7 Å². The Labute approximate surface area is 136 Å². The second kappa shape index (κ2) is 6.54. The quantitative estimate of drug-likeness (QED) is 0.845. The molecule has 124 valence electrons. The Bertz CT molecular complexity index is 524. The van der Waals surface area contributed by atoms with Crippen molar-refractivity contribution in [3.8, 4) is 0 Å². The lowest BCUT2D eigenvalue weighted by Gasteiger charge is -2.29. The fraction of sp³-hybridized carbons (Fsp3) is 0.750. The number of nitrogens with zero attached hydrogens (tertiary/aromatic N) is 2. The molecule has 0 N–H and O–H groups in total. The normalized spacial score (nSPS) is 22.1. The van der Waals surface area contributed by atoms with Crippen LogP contribution >= 0.6 is 11.3 Å². The van der Waals surface area contributed by atoms with Gasteiger partial charge < -0.3 is 14.4 Å². The number of carbonyl (C=O) groups is 1. The molecule has 1 amide bonds. The molecule has 0 radical (unpaired) electrons. The molecule has 1 fully saturated rings. The molecule has 0 bridgehead atoms. The zero-order chi connectivity index (χ0) is 16.4. The molecular weight excluding hydrogens is 300 g/mol. The Hall–Kier alpha value is -1.14. The van der Waals surface area contributed by atoms with E-state index < -0.39 is 5.60 Å². The third kappa shape index (κ3) is 4.43. The number of ether oxygens (including phenoxy) is 2. The summed E-state index contributed by atoms with van der Waals surface area (Å²) in [6.45, 7) is 11.6. The van der Waals surface area contributed by atoms with Gasteiger partial charge >= 0.3 is 6.09 Å². The van der Waals surface area contributed by atoms with Gasteiger partial charge in [0.1, 0.15) is 5.60 Å². The Morgan fingerprint density at radius 1 is 1.50 bits per heavy atom. The number of rotatable bonds is 4. The summed E-state index contributed by atoms with van der Waals surface area (Å²) in [4.78, 5) is 19.3. The van der Waals surface area contributed by atoms with Crippen molar-refractivity contribution in [3.05, 3.63) is 16.1 Å². The Morgan fingerprint density at radius 3 is 2.77 bits per heavy atom. The van der Waals surface area contributed by atoms with E-state index >= 15 is 0 Å². The molecule has 1 atom stereocenters. The summed E-state index contributed by atoms with van der Waals surface area (Å²) < 4.78 is 11.6. The van der Waals surface area contributed by atoms with Gasteiger partial charge in [-0.05, 0) is 40.5 Å². The third-order valence-corrected chi connectivity index (χ3v) is 4.69. The maximum Gasteiger partial charge on any atom is 0.410 e. The van der Waals surface area contributed by atoms with Gasteiger partial charge in [-0.3, -0.25) is 0 Å². The molecule has 2 rings (SSSR count). The molecule has 1 unspecified atom stereocenters. The van der Waals surface area contributed by atoms with Crippen LogP contribution in [0.25, 0.3) is 0 Å². The van der Waals surface area contributed by atoms with Crippen molar-refractivity contribution >= 4 is 17.4 Å². The van der Waals surface area contributed by atoms with Crippen molar-refractivity contribution in [1.82, 2.24) is 9.88 Å². The Balaban J connectivity index is 1.93. The predicted octanol–water partition coefficient (Wildman–Crippen LogP) is 3.76. The second-order valence-corrected chi connectivity index (χ2v) is 8.14. The van der Waals surface area contributed by atoms with Crippen LogP contribution in [0.2, 0.25) is 0 Å². The minimum atomic E-state index is -0.463.